The normalized spacial score (nSPS) is 21.5. The molecule has 1 aliphatic rings. The van der Waals surface area contributed by atoms with Gasteiger partial charge in [0.25, 0.3) is 0 Å². The zero-order valence-corrected chi connectivity index (χ0v) is 10.8. The van der Waals surface area contributed by atoms with Gasteiger partial charge in [0.05, 0.1) is 6.54 Å². The fraction of sp³-hybridized carbons (Fsp3) is 0.750. The number of hydrogen-bond donors (Lipinski definition) is 1. The van der Waals surface area contributed by atoms with Crippen molar-refractivity contribution < 1.29 is 0 Å². The summed E-state index contributed by atoms with van der Waals surface area (Å²) < 4.78 is 1.91. The highest BCUT2D eigenvalue weighted by Crippen LogP contribution is 2.14. The molecule has 0 saturated carbocycles. The molecule has 1 aromatic heterocycles. The van der Waals surface area contributed by atoms with Crippen LogP contribution < -0.4 is 5.73 Å². The van der Waals surface area contributed by atoms with Crippen molar-refractivity contribution in [2.24, 2.45) is 5.92 Å². The number of likely N-dealkylation sites (tertiary alicyclic amines) is 1. The van der Waals surface area contributed by atoms with Gasteiger partial charge in [-0.2, -0.15) is 5.10 Å². The van der Waals surface area contributed by atoms with Crippen LogP contribution in [0.4, 0.5) is 5.82 Å². The topological polar surface area (TPSA) is 50.3 Å². The number of nitrogen functional groups attached to an aromatic ring is 1. The van der Waals surface area contributed by atoms with Crippen LogP contribution >= 0.6 is 0 Å². The molecule has 1 saturated heterocycles. The number of anilines is 1. The second kappa shape index (κ2) is 5.51. The average molecular weight is 237 g/mol. The van der Waals surface area contributed by atoms with Crippen LogP contribution in [0.3, 0.4) is 0 Å². The quantitative estimate of drug-likeness (QED) is 0.803. The molecule has 0 bridgehead atoms. The Morgan fingerprint density at radius 3 is 3.00 bits per heavy atom. The van der Waals surface area contributed by atoms with Crippen molar-refractivity contribution in [3.63, 3.8) is 0 Å². The molecule has 2 heterocycles. The second-order valence-corrected chi connectivity index (χ2v) is 5.18. The van der Waals surface area contributed by atoms with Crippen LogP contribution in [0.5, 0.6) is 0 Å². The van der Waals surface area contributed by atoms with E-state index >= 15 is 0 Å². The van der Waals surface area contributed by atoms with Gasteiger partial charge < -0.3 is 15.5 Å². The van der Waals surface area contributed by atoms with Crippen molar-refractivity contribution in [1.29, 1.82) is 0 Å². The molecule has 2 rings (SSSR count). The van der Waals surface area contributed by atoms with E-state index < -0.39 is 0 Å². The lowest BCUT2D eigenvalue weighted by Crippen LogP contribution is -2.30. The molecule has 2 N–H and O–H groups in total. The number of hydrogen-bond acceptors (Lipinski definition) is 4. The first-order valence-electron chi connectivity index (χ1n) is 6.29. The van der Waals surface area contributed by atoms with E-state index in [4.69, 9.17) is 5.73 Å². The van der Waals surface area contributed by atoms with Crippen molar-refractivity contribution >= 4 is 5.82 Å². The van der Waals surface area contributed by atoms with Crippen LogP contribution in [0, 0.1) is 5.92 Å². The first kappa shape index (κ1) is 12.4. The number of likely N-dealkylation sites (N-methyl/N-ethyl adjacent to an activating group) is 1. The van der Waals surface area contributed by atoms with E-state index in [1.165, 1.54) is 26.1 Å². The minimum atomic E-state index is 0.602. The highest BCUT2D eigenvalue weighted by atomic mass is 15.3. The van der Waals surface area contributed by atoms with Crippen LogP contribution in [-0.2, 0) is 6.54 Å². The van der Waals surface area contributed by atoms with Gasteiger partial charge in [-0.25, -0.2) is 0 Å². The lowest BCUT2D eigenvalue weighted by Gasteiger charge is -2.20. The standard InChI is InChI=1S/C12H23N5/c1-15-5-3-11(9-15)10-16(2)7-8-17-6-4-12(13)14-17/h4,6,11H,3,5,7-10H2,1-2H3,(H2,13,14). The monoisotopic (exact) mass is 237 g/mol. The summed E-state index contributed by atoms with van der Waals surface area (Å²) in [5, 5.41) is 4.19. The molecule has 1 aliphatic heterocycles. The predicted molar refractivity (Wildman–Crippen MR) is 69.7 cm³/mol. The maximum Gasteiger partial charge on any atom is 0.145 e. The molecule has 1 atom stereocenters. The largest absolute Gasteiger partial charge is 0.382 e. The Labute approximate surface area is 103 Å². The summed E-state index contributed by atoms with van der Waals surface area (Å²) in [7, 11) is 4.39. The van der Waals surface area contributed by atoms with Crippen molar-refractivity contribution in [1.82, 2.24) is 19.6 Å². The van der Waals surface area contributed by atoms with Crippen LogP contribution in [0.25, 0.3) is 0 Å². The summed E-state index contributed by atoms with van der Waals surface area (Å²) >= 11 is 0. The molecule has 96 valence electrons. The average Bonchev–Trinajstić information content (AvgIpc) is 2.85. The summed E-state index contributed by atoms with van der Waals surface area (Å²) in [6.45, 7) is 5.60. The van der Waals surface area contributed by atoms with E-state index in [-0.39, 0.29) is 0 Å². The Morgan fingerprint density at radius 1 is 1.59 bits per heavy atom. The summed E-state index contributed by atoms with van der Waals surface area (Å²) in [5.74, 6) is 1.43. The van der Waals surface area contributed by atoms with E-state index in [2.05, 4.69) is 29.0 Å². The van der Waals surface area contributed by atoms with Crippen molar-refractivity contribution in [2.75, 3.05) is 46.0 Å². The Balaban J connectivity index is 1.68. The lowest BCUT2D eigenvalue weighted by molar-refractivity contribution is 0.261. The number of aromatic nitrogens is 2. The maximum absolute atomic E-state index is 5.58. The molecule has 0 spiro atoms. The first-order valence-corrected chi connectivity index (χ1v) is 6.29. The van der Waals surface area contributed by atoms with Gasteiger partial charge in [-0.1, -0.05) is 0 Å². The van der Waals surface area contributed by atoms with Crippen LogP contribution in [0.1, 0.15) is 6.42 Å². The molecule has 1 unspecified atom stereocenters. The molecule has 0 amide bonds. The number of nitrogens with zero attached hydrogens (tertiary/aromatic N) is 4. The van der Waals surface area contributed by atoms with Crippen molar-refractivity contribution in [3.05, 3.63) is 12.3 Å². The molecule has 0 aliphatic carbocycles. The van der Waals surface area contributed by atoms with Crippen LogP contribution in [-0.4, -0.2) is 59.9 Å². The minimum absolute atomic E-state index is 0.602. The molecule has 1 aromatic rings. The second-order valence-electron chi connectivity index (χ2n) is 5.18. The fourth-order valence-electron chi connectivity index (χ4n) is 2.48. The third kappa shape index (κ3) is 3.71. The van der Waals surface area contributed by atoms with Crippen molar-refractivity contribution in [3.8, 4) is 0 Å². The van der Waals surface area contributed by atoms with Gasteiger partial charge in [-0.3, -0.25) is 4.68 Å². The molecule has 0 radical (unpaired) electrons. The van der Waals surface area contributed by atoms with E-state index in [1.54, 1.807) is 0 Å². The Morgan fingerprint density at radius 2 is 2.41 bits per heavy atom. The van der Waals surface area contributed by atoms with Gasteiger partial charge in [0.15, 0.2) is 0 Å². The molecule has 17 heavy (non-hydrogen) atoms. The summed E-state index contributed by atoms with van der Waals surface area (Å²) in [6, 6.07) is 1.84. The number of rotatable bonds is 5. The minimum Gasteiger partial charge on any atom is -0.382 e. The predicted octanol–water partition coefficient (Wildman–Crippen LogP) is 0.349. The summed E-state index contributed by atoms with van der Waals surface area (Å²) in [5.41, 5.74) is 5.58. The Bertz CT molecular complexity index is 348. The highest BCUT2D eigenvalue weighted by molar-refractivity contribution is 5.23. The highest BCUT2D eigenvalue weighted by Gasteiger charge is 2.20. The molecule has 5 nitrogen and oxygen atoms in total. The van der Waals surface area contributed by atoms with Gasteiger partial charge in [0, 0.05) is 25.8 Å². The Kier molecular flexibility index (Phi) is 4.02. The zero-order chi connectivity index (χ0) is 12.3. The summed E-state index contributed by atoms with van der Waals surface area (Å²) in [4.78, 5) is 4.80. The molecule has 0 aromatic carbocycles. The van der Waals surface area contributed by atoms with E-state index in [0.29, 0.717) is 5.82 Å². The first-order chi connectivity index (χ1) is 8.13. The third-order valence-electron chi connectivity index (χ3n) is 3.43. The van der Waals surface area contributed by atoms with Crippen LogP contribution in [0.2, 0.25) is 0 Å². The van der Waals surface area contributed by atoms with Gasteiger partial charge in [-0.05, 0) is 39.0 Å². The van der Waals surface area contributed by atoms with E-state index in [0.717, 1.165) is 19.0 Å². The zero-order valence-electron chi connectivity index (χ0n) is 10.8. The number of nitrogens with two attached hydrogens (primary N) is 1. The molecule has 5 heteroatoms. The van der Waals surface area contributed by atoms with Crippen molar-refractivity contribution in [2.45, 2.75) is 13.0 Å². The molecule has 1 fully saturated rings. The van der Waals surface area contributed by atoms with Gasteiger partial charge in [0.1, 0.15) is 5.82 Å². The van der Waals surface area contributed by atoms with E-state index in [1.807, 2.05) is 16.9 Å². The maximum atomic E-state index is 5.58. The van der Waals surface area contributed by atoms with Gasteiger partial charge >= 0.3 is 0 Å². The summed E-state index contributed by atoms with van der Waals surface area (Å²) in [6.07, 6.45) is 3.27. The third-order valence-corrected chi connectivity index (χ3v) is 3.43. The molecular weight excluding hydrogens is 214 g/mol. The lowest BCUT2D eigenvalue weighted by atomic mass is 10.1. The SMILES string of the molecule is CN1CCC(CN(C)CCn2ccc(N)n2)C1. The Hall–Kier alpha value is -1.07. The smallest absolute Gasteiger partial charge is 0.145 e. The van der Waals surface area contributed by atoms with Gasteiger partial charge in [0.2, 0.25) is 0 Å². The van der Waals surface area contributed by atoms with E-state index in [9.17, 15) is 0 Å². The molecular formula is C12H23N5. The van der Waals surface area contributed by atoms with Gasteiger partial charge in [-0.15, -0.1) is 0 Å². The fourth-order valence-corrected chi connectivity index (χ4v) is 2.48. The van der Waals surface area contributed by atoms with Crippen LogP contribution in [0.15, 0.2) is 12.3 Å².